The maximum absolute atomic E-state index is 10.9. The molecule has 0 aliphatic rings. The van der Waals surface area contributed by atoms with E-state index >= 15 is 0 Å². The highest BCUT2D eigenvalue weighted by Crippen LogP contribution is 1.95. The summed E-state index contributed by atoms with van der Waals surface area (Å²) >= 11 is 7.27. The van der Waals surface area contributed by atoms with E-state index in [1.54, 1.807) is 7.11 Å². The largest absolute Gasteiger partial charge is 0.383 e. The lowest BCUT2D eigenvalue weighted by molar-refractivity contribution is -0.118. The topological polar surface area (TPSA) is 38.3 Å². The Morgan fingerprint density at radius 2 is 2.42 bits per heavy atom. The van der Waals surface area contributed by atoms with Gasteiger partial charge in [-0.2, -0.15) is 11.8 Å². The van der Waals surface area contributed by atoms with Crippen LogP contribution in [-0.2, 0) is 9.53 Å². The summed E-state index contributed by atoms with van der Waals surface area (Å²) in [6.07, 6.45) is 1.88. The summed E-state index contributed by atoms with van der Waals surface area (Å²) in [5.74, 6) is 0.501. The van der Waals surface area contributed by atoms with E-state index in [0.29, 0.717) is 18.9 Å². The Kier molecular flexibility index (Phi) is 7.75. The number of alkyl halides is 1. The number of methoxy groups -OCH3 is 1. The van der Waals surface area contributed by atoms with E-state index in [9.17, 15) is 4.79 Å². The highest BCUT2D eigenvalue weighted by atomic mass is 35.5. The van der Waals surface area contributed by atoms with E-state index in [4.69, 9.17) is 16.3 Å². The number of carbonyl (C=O) groups excluding carboxylic acids is 1. The summed E-state index contributed by atoms with van der Waals surface area (Å²) in [6.45, 7) is 0.926. The van der Waals surface area contributed by atoms with Gasteiger partial charge in [-0.3, -0.25) is 4.79 Å². The molecule has 0 aromatic carbocycles. The van der Waals surface area contributed by atoms with Crippen molar-refractivity contribution in [1.82, 2.24) is 5.32 Å². The molecule has 0 heterocycles. The van der Waals surface area contributed by atoms with Crippen molar-refractivity contribution in [3.8, 4) is 0 Å². The zero-order valence-corrected chi connectivity index (χ0v) is 8.87. The fourth-order valence-corrected chi connectivity index (χ4v) is 1.21. The van der Waals surface area contributed by atoms with Crippen molar-refractivity contribution in [2.75, 3.05) is 32.3 Å². The molecule has 0 bridgehead atoms. The van der Waals surface area contributed by atoms with Gasteiger partial charge in [-0.1, -0.05) is 0 Å². The van der Waals surface area contributed by atoms with E-state index < -0.39 is 0 Å². The number of ether oxygens (including phenoxy) is 1. The minimum Gasteiger partial charge on any atom is -0.383 e. The predicted octanol–water partition coefficient (Wildman–Crippen LogP) is 0.719. The second kappa shape index (κ2) is 7.71. The second-order valence-electron chi connectivity index (χ2n) is 2.29. The number of carbonyl (C=O) groups is 1. The highest BCUT2D eigenvalue weighted by molar-refractivity contribution is 7.99. The minimum atomic E-state index is -0.138. The summed E-state index contributed by atoms with van der Waals surface area (Å²) in [7, 11) is 1.58. The summed E-state index contributed by atoms with van der Waals surface area (Å²) < 4.78 is 4.81. The van der Waals surface area contributed by atoms with Gasteiger partial charge >= 0.3 is 0 Å². The fraction of sp³-hybridized carbons (Fsp3) is 0.857. The average molecular weight is 212 g/mol. The van der Waals surface area contributed by atoms with Crippen LogP contribution in [0.2, 0.25) is 0 Å². The minimum absolute atomic E-state index is 0.0178. The number of thioether (sulfide) groups is 1. The molecule has 3 nitrogen and oxygen atoms in total. The lowest BCUT2D eigenvalue weighted by atomic mass is 10.4. The Hall–Kier alpha value is 0.0700. The van der Waals surface area contributed by atoms with E-state index in [-0.39, 0.29) is 11.3 Å². The van der Waals surface area contributed by atoms with E-state index in [1.807, 2.05) is 6.26 Å². The van der Waals surface area contributed by atoms with Gasteiger partial charge in [0.2, 0.25) is 5.91 Å². The monoisotopic (exact) mass is 211 g/mol. The van der Waals surface area contributed by atoms with Crippen molar-refractivity contribution in [2.45, 2.75) is 5.38 Å². The van der Waals surface area contributed by atoms with Crippen LogP contribution in [-0.4, -0.2) is 43.6 Å². The Labute approximate surface area is 82.2 Å². The Morgan fingerprint density at radius 3 is 2.92 bits per heavy atom. The van der Waals surface area contributed by atoms with Crippen LogP contribution in [0.4, 0.5) is 0 Å². The van der Waals surface area contributed by atoms with Gasteiger partial charge in [0.1, 0.15) is 0 Å². The molecule has 5 heteroatoms. The van der Waals surface area contributed by atoms with Gasteiger partial charge in [0.25, 0.3) is 0 Å². The zero-order valence-electron chi connectivity index (χ0n) is 7.30. The quantitative estimate of drug-likeness (QED) is 0.658. The van der Waals surface area contributed by atoms with Crippen molar-refractivity contribution in [3.05, 3.63) is 0 Å². The molecule has 1 unspecified atom stereocenters. The first-order chi connectivity index (χ1) is 5.70. The lowest BCUT2D eigenvalue weighted by Gasteiger charge is -2.08. The molecule has 0 saturated carbocycles. The van der Waals surface area contributed by atoms with Crippen molar-refractivity contribution in [1.29, 1.82) is 0 Å². The third kappa shape index (κ3) is 6.76. The van der Waals surface area contributed by atoms with Crippen LogP contribution in [0.5, 0.6) is 0 Å². The first kappa shape index (κ1) is 12.1. The SMILES string of the molecule is COCC(Cl)CNC(=O)CSC. The zero-order chi connectivity index (χ0) is 9.40. The molecule has 0 aliphatic carbocycles. The number of rotatable bonds is 6. The van der Waals surface area contributed by atoms with Crippen LogP contribution < -0.4 is 5.32 Å². The standard InChI is InChI=1S/C7H14ClNO2S/c1-11-4-6(8)3-9-7(10)5-12-2/h6H,3-5H2,1-2H3,(H,9,10). The van der Waals surface area contributed by atoms with Crippen LogP contribution in [0.1, 0.15) is 0 Å². The number of hydrogen-bond donors (Lipinski definition) is 1. The van der Waals surface area contributed by atoms with Crippen molar-refractivity contribution in [2.24, 2.45) is 0 Å². The molecule has 0 spiro atoms. The molecule has 0 fully saturated rings. The highest BCUT2D eigenvalue weighted by Gasteiger charge is 2.05. The van der Waals surface area contributed by atoms with E-state index in [1.165, 1.54) is 11.8 Å². The third-order valence-electron chi connectivity index (χ3n) is 1.14. The molecule has 0 rings (SSSR count). The van der Waals surface area contributed by atoms with E-state index in [2.05, 4.69) is 5.32 Å². The summed E-state index contributed by atoms with van der Waals surface area (Å²) in [4.78, 5) is 10.9. The van der Waals surface area contributed by atoms with Crippen LogP contribution in [0, 0.1) is 0 Å². The number of halogens is 1. The van der Waals surface area contributed by atoms with Crippen LogP contribution in [0.3, 0.4) is 0 Å². The van der Waals surface area contributed by atoms with Crippen molar-refractivity contribution < 1.29 is 9.53 Å². The fourth-order valence-electron chi connectivity index (χ4n) is 0.646. The molecule has 0 saturated heterocycles. The van der Waals surface area contributed by atoms with Gasteiger partial charge in [-0.05, 0) is 6.26 Å². The van der Waals surface area contributed by atoms with Gasteiger partial charge in [-0.25, -0.2) is 0 Å². The molecule has 0 radical (unpaired) electrons. The molecule has 1 amide bonds. The second-order valence-corrected chi connectivity index (χ2v) is 3.77. The molecule has 0 aromatic heterocycles. The van der Waals surface area contributed by atoms with E-state index in [0.717, 1.165) is 0 Å². The maximum atomic E-state index is 10.9. The summed E-state index contributed by atoms with van der Waals surface area (Å²) in [5.41, 5.74) is 0. The van der Waals surface area contributed by atoms with Gasteiger partial charge in [0.05, 0.1) is 17.7 Å². The molecular weight excluding hydrogens is 198 g/mol. The van der Waals surface area contributed by atoms with Gasteiger partial charge < -0.3 is 10.1 Å². The first-order valence-corrected chi connectivity index (χ1v) is 5.42. The van der Waals surface area contributed by atoms with Gasteiger partial charge in [-0.15, -0.1) is 11.6 Å². The number of hydrogen-bond acceptors (Lipinski definition) is 3. The van der Waals surface area contributed by atoms with Gasteiger partial charge in [0.15, 0.2) is 0 Å². The normalized spacial score (nSPS) is 12.6. The molecule has 12 heavy (non-hydrogen) atoms. The predicted molar refractivity (Wildman–Crippen MR) is 52.9 cm³/mol. The Morgan fingerprint density at radius 1 is 1.75 bits per heavy atom. The van der Waals surface area contributed by atoms with Crippen LogP contribution >= 0.6 is 23.4 Å². The molecule has 1 N–H and O–H groups in total. The smallest absolute Gasteiger partial charge is 0.230 e. The molecular formula is C7H14ClNO2S. The number of nitrogens with one attached hydrogen (secondary N) is 1. The summed E-state index contributed by atoms with van der Waals surface area (Å²) in [5, 5.41) is 2.56. The Balaban J connectivity index is 3.33. The van der Waals surface area contributed by atoms with Crippen molar-refractivity contribution >= 4 is 29.3 Å². The van der Waals surface area contributed by atoms with Crippen molar-refractivity contribution in [3.63, 3.8) is 0 Å². The molecule has 0 aromatic rings. The number of amides is 1. The van der Waals surface area contributed by atoms with Gasteiger partial charge in [0, 0.05) is 13.7 Å². The first-order valence-electron chi connectivity index (χ1n) is 3.59. The van der Waals surface area contributed by atoms with Crippen LogP contribution in [0.25, 0.3) is 0 Å². The van der Waals surface area contributed by atoms with Crippen LogP contribution in [0.15, 0.2) is 0 Å². The molecule has 72 valence electrons. The average Bonchev–Trinajstić information content (AvgIpc) is 2.02. The third-order valence-corrected chi connectivity index (χ3v) is 1.97. The molecule has 0 aliphatic heterocycles. The maximum Gasteiger partial charge on any atom is 0.230 e. The summed E-state index contributed by atoms with van der Waals surface area (Å²) in [6, 6.07) is 0. The Bertz CT molecular complexity index is 135. The lowest BCUT2D eigenvalue weighted by Crippen LogP contribution is -2.32. The molecule has 1 atom stereocenters.